The molecule has 0 saturated heterocycles. The molecule has 1 fully saturated rings. The van der Waals surface area contributed by atoms with Crippen LogP contribution in [0, 0.1) is 15.9 Å². The Kier molecular flexibility index (Phi) is 5.30. The molecule has 0 heterocycles. The first kappa shape index (κ1) is 16.2. The van der Waals surface area contributed by atoms with Crippen LogP contribution >= 0.6 is 0 Å². The molecule has 2 rings (SSSR count). The van der Waals surface area contributed by atoms with Gasteiger partial charge >= 0.3 is 5.69 Å². The van der Waals surface area contributed by atoms with Crippen LogP contribution < -0.4 is 10.1 Å². The molecule has 120 valence electrons. The Morgan fingerprint density at radius 2 is 2.09 bits per heavy atom. The van der Waals surface area contributed by atoms with Crippen molar-refractivity contribution in [2.75, 3.05) is 0 Å². The second-order valence-electron chi connectivity index (χ2n) is 5.38. The number of carbonyl (C=O) groups is 1. The van der Waals surface area contributed by atoms with Crippen LogP contribution in [0.4, 0.5) is 10.1 Å². The molecular formula is C15H19FN2O4. The highest BCUT2D eigenvalue weighted by atomic mass is 19.1. The van der Waals surface area contributed by atoms with Gasteiger partial charge in [0.2, 0.25) is 5.91 Å². The maximum Gasteiger partial charge on any atom is 0.311 e. The Hall–Kier alpha value is -2.18. The van der Waals surface area contributed by atoms with Crippen molar-refractivity contribution in [3.8, 4) is 5.75 Å². The van der Waals surface area contributed by atoms with Gasteiger partial charge in [0.05, 0.1) is 11.0 Å². The molecule has 0 spiro atoms. The van der Waals surface area contributed by atoms with Crippen LogP contribution in [0.2, 0.25) is 0 Å². The fraction of sp³-hybridized carbons (Fsp3) is 0.533. The van der Waals surface area contributed by atoms with Gasteiger partial charge in [-0.05, 0) is 31.7 Å². The van der Waals surface area contributed by atoms with E-state index in [1.807, 2.05) is 0 Å². The van der Waals surface area contributed by atoms with E-state index in [9.17, 15) is 19.3 Å². The molecule has 1 aliphatic carbocycles. The number of benzene rings is 1. The molecule has 0 radical (unpaired) electrons. The monoisotopic (exact) mass is 310 g/mol. The summed E-state index contributed by atoms with van der Waals surface area (Å²) in [6.45, 7) is 1.80. The average Bonchev–Trinajstić information content (AvgIpc) is 2.49. The van der Waals surface area contributed by atoms with Crippen LogP contribution in [0.3, 0.4) is 0 Å². The third kappa shape index (κ3) is 4.16. The zero-order valence-corrected chi connectivity index (χ0v) is 12.4. The molecule has 1 aliphatic rings. The Balaban J connectivity index is 1.95. The summed E-state index contributed by atoms with van der Waals surface area (Å²) in [5.74, 6) is -0.583. The number of carbonyl (C=O) groups excluding carboxylic acids is 1. The number of amides is 1. The van der Waals surface area contributed by atoms with E-state index >= 15 is 0 Å². The summed E-state index contributed by atoms with van der Waals surface area (Å²) in [4.78, 5) is 21.7. The molecule has 1 saturated carbocycles. The van der Waals surface area contributed by atoms with Crippen molar-refractivity contribution in [3.05, 3.63) is 34.1 Å². The van der Waals surface area contributed by atoms with Crippen molar-refractivity contribution < 1.29 is 18.8 Å². The van der Waals surface area contributed by atoms with Gasteiger partial charge in [-0.1, -0.05) is 6.92 Å². The van der Waals surface area contributed by atoms with Crippen LogP contribution in [0.25, 0.3) is 0 Å². The summed E-state index contributed by atoms with van der Waals surface area (Å²) in [5.41, 5.74) is -0.234. The largest absolute Gasteiger partial charge is 0.483 e. The zero-order chi connectivity index (χ0) is 16.1. The smallest absolute Gasteiger partial charge is 0.311 e. The number of hydrogen-bond acceptors (Lipinski definition) is 4. The Labute approximate surface area is 127 Å². The van der Waals surface area contributed by atoms with E-state index in [4.69, 9.17) is 4.74 Å². The van der Waals surface area contributed by atoms with Crippen molar-refractivity contribution in [1.82, 2.24) is 5.32 Å². The SMILES string of the molecule is CCC(=O)NC1CCC(Oc2cc(F)ccc2[N+](=O)[O-])CC1. The summed E-state index contributed by atoms with van der Waals surface area (Å²) in [6, 6.07) is 3.32. The molecule has 1 aromatic carbocycles. The van der Waals surface area contributed by atoms with Crippen molar-refractivity contribution in [2.24, 2.45) is 0 Å². The fourth-order valence-corrected chi connectivity index (χ4v) is 2.57. The standard InChI is InChI=1S/C15H19FN2O4/c1-2-15(19)17-11-4-6-12(7-5-11)22-14-9-10(16)3-8-13(14)18(20)21/h3,8-9,11-12H,2,4-7H2,1H3,(H,17,19). The maximum atomic E-state index is 13.3. The molecule has 0 aromatic heterocycles. The summed E-state index contributed by atoms with van der Waals surface area (Å²) in [5, 5.41) is 13.9. The molecule has 0 bridgehead atoms. The van der Waals surface area contributed by atoms with Gasteiger partial charge in [0.25, 0.3) is 0 Å². The van der Waals surface area contributed by atoms with Gasteiger partial charge < -0.3 is 10.1 Å². The molecule has 1 aromatic rings. The van der Waals surface area contributed by atoms with Gasteiger partial charge in [0, 0.05) is 24.6 Å². The minimum atomic E-state index is -0.581. The van der Waals surface area contributed by atoms with Crippen molar-refractivity contribution in [2.45, 2.75) is 51.2 Å². The normalized spacial score (nSPS) is 21.2. The number of nitrogens with one attached hydrogen (secondary N) is 1. The minimum absolute atomic E-state index is 0.0186. The highest BCUT2D eigenvalue weighted by Gasteiger charge is 2.26. The maximum absolute atomic E-state index is 13.3. The first-order valence-corrected chi connectivity index (χ1v) is 7.39. The fourth-order valence-electron chi connectivity index (χ4n) is 2.57. The van der Waals surface area contributed by atoms with Crippen LogP contribution in [0.1, 0.15) is 39.0 Å². The number of nitrogens with zero attached hydrogens (tertiary/aromatic N) is 1. The highest BCUT2D eigenvalue weighted by Crippen LogP contribution is 2.31. The number of rotatable bonds is 5. The second-order valence-corrected chi connectivity index (χ2v) is 5.38. The third-order valence-corrected chi connectivity index (χ3v) is 3.77. The van der Waals surface area contributed by atoms with Crippen LogP contribution in [-0.2, 0) is 4.79 Å². The topological polar surface area (TPSA) is 81.5 Å². The first-order valence-electron chi connectivity index (χ1n) is 7.39. The van der Waals surface area contributed by atoms with Crippen LogP contribution in [0.5, 0.6) is 5.75 Å². The molecule has 0 unspecified atom stereocenters. The predicted octanol–water partition coefficient (Wildman–Crippen LogP) is 2.95. The molecule has 0 aliphatic heterocycles. The minimum Gasteiger partial charge on any atom is -0.483 e. The number of ether oxygens (including phenoxy) is 1. The Bertz CT molecular complexity index is 556. The van der Waals surface area contributed by atoms with Gasteiger partial charge in [0.15, 0.2) is 5.75 Å². The van der Waals surface area contributed by atoms with Crippen molar-refractivity contribution in [3.63, 3.8) is 0 Å². The molecule has 6 nitrogen and oxygen atoms in total. The number of nitro groups is 1. The first-order chi connectivity index (χ1) is 10.5. The van der Waals surface area contributed by atoms with E-state index in [0.717, 1.165) is 31.0 Å². The average molecular weight is 310 g/mol. The molecule has 1 amide bonds. The van der Waals surface area contributed by atoms with Gasteiger partial charge in [0.1, 0.15) is 5.82 Å². The summed E-state index contributed by atoms with van der Waals surface area (Å²) < 4.78 is 18.9. The van der Waals surface area contributed by atoms with E-state index in [1.54, 1.807) is 6.92 Å². The second kappa shape index (κ2) is 7.20. The van der Waals surface area contributed by atoms with Crippen molar-refractivity contribution >= 4 is 11.6 Å². The molecule has 1 N–H and O–H groups in total. The molecule has 7 heteroatoms. The van der Waals surface area contributed by atoms with Crippen molar-refractivity contribution in [1.29, 1.82) is 0 Å². The van der Waals surface area contributed by atoms with Gasteiger partial charge in [-0.25, -0.2) is 4.39 Å². The summed E-state index contributed by atoms with van der Waals surface area (Å²) in [6.07, 6.45) is 3.09. The Morgan fingerprint density at radius 1 is 1.41 bits per heavy atom. The predicted molar refractivity (Wildman–Crippen MR) is 78.2 cm³/mol. The van der Waals surface area contributed by atoms with Crippen LogP contribution in [0.15, 0.2) is 18.2 Å². The number of hydrogen-bond donors (Lipinski definition) is 1. The summed E-state index contributed by atoms with van der Waals surface area (Å²) >= 11 is 0. The summed E-state index contributed by atoms with van der Waals surface area (Å²) in [7, 11) is 0. The zero-order valence-electron chi connectivity index (χ0n) is 12.4. The van der Waals surface area contributed by atoms with E-state index in [0.29, 0.717) is 19.3 Å². The van der Waals surface area contributed by atoms with E-state index in [-0.39, 0.29) is 29.5 Å². The van der Waals surface area contributed by atoms with Gasteiger partial charge in [-0.3, -0.25) is 14.9 Å². The van der Waals surface area contributed by atoms with E-state index < -0.39 is 10.7 Å². The number of nitro benzene ring substituents is 1. The lowest BCUT2D eigenvalue weighted by atomic mass is 9.93. The lowest BCUT2D eigenvalue weighted by molar-refractivity contribution is -0.386. The van der Waals surface area contributed by atoms with E-state index in [1.165, 1.54) is 0 Å². The Morgan fingerprint density at radius 3 is 2.68 bits per heavy atom. The lowest BCUT2D eigenvalue weighted by Crippen LogP contribution is -2.39. The molecule has 0 atom stereocenters. The van der Waals surface area contributed by atoms with Gasteiger partial charge in [-0.15, -0.1) is 0 Å². The third-order valence-electron chi connectivity index (χ3n) is 3.77. The quantitative estimate of drug-likeness (QED) is 0.669. The van der Waals surface area contributed by atoms with E-state index in [2.05, 4.69) is 5.32 Å². The molecule has 22 heavy (non-hydrogen) atoms. The van der Waals surface area contributed by atoms with Gasteiger partial charge in [-0.2, -0.15) is 0 Å². The lowest BCUT2D eigenvalue weighted by Gasteiger charge is -2.29. The number of halogens is 1. The molecular weight excluding hydrogens is 291 g/mol. The highest BCUT2D eigenvalue weighted by molar-refractivity contribution is 5.75. The van der Waals surface area contributed by atoms with Crippen LogP contribution in [-0.4, -0.2) is 23.0 Å².